The Labute approximate surface area is 170 Å². The van der Waals surface area contributed by atoms with Gasteiger partial charge in [-0.15, -0.1) is 0 Å². The van der Waals surface area contributed by atoms with E-state index in [-0.39, 0.29) is 17.5 Å². The Kier molecular flexibility index (Phi) is 5.08. The van der Waals surface area contributed by atoms with Crippen molar-refractivity contribution in [1.29, 1.82) is 0 Å². The highest BCUT2D eigenvalue weighted by Crippen LogP contribution is 2.31. The minimum absolute atomic E-state index is 0.0391. The van der Waals surface area contributed by atoms with Crippen molar-refractivity contribution < 1.29 is 22.5 Å². The number of likely N-dealkylation sites (tertiary alicyclic amines) is 1. The van der Waals surface area contributed by atoms with Crippen LogP contribution in [0.25, 0.3) is 5.69 Å². The van der Waals surface area contributed by atoms with Gasteiger partial charge in [-0.05, 0) is 44.9 Å². The van der Waals surface area contributed by atoms with E-state index in [9.17, 15) is 18.0 Å². The Bertz CT molecular complexity index is 1070. The number of nitrogens with zero attached hydrogens (tertiary/aromatic N) is 5. The molecular formula is C20H20F3N5O2. The van der Waals surface area contributed by atoms with E-state index in [0.29, 0.717) is 36.1 Å². The molecule has 0 spiro atoms. The largest absolute Gasteiger partial charge is 0.416 e. The molecule has 30 heavy (non-hydrogen) atoms. The maximum Gasteiger partial charge on any atom is 0.416 e. The number of benzene rings is 1. The topological polar surface area (TPSA) is 77.0 Å². The van der Waals surface area contributed by atoms with Gasteiger partial charge in [0, 0.05) is 13.1 Å². The fourth-order valence-corrected chi connectivity index (χ4v) is 3.71. The molecule has 1 saturated heterocycles. The van der Waals surface area contributed by atoms with Crippen molar-refractivity contribution in [3.8, 4) is 5.69 Å². The summed E-state index contributed by atoms with van der Waals surface area (Å²) >= 11 is 0. The van der Waals surface area contributed by atoms with Crippen molar-refractivity contribution in [3.63, 3.8) is 0 Å². The van der Waals surface area contributed by atoms with Crippen LogP contribution in [-0.2, 0) is 6.18 Å². The van der Waals surface area contributed by atoms with Crippen LogP contribution in [0.15, 0.2) is 35.0 Å². The van der Waals surface area contributed by atoms with Gasteiger partial charge < -0.3 is 9.42 Å². The van der Waals surface area contributed by atoms with Crippen molar-refractivity contribution in [2.24, 2.45) is 0 Å². The zero-order valence-corrected chi connectivity index (χ0v) is 16.5. The Morgan fingerprint density at radius 3 is 2.77 bits per heavy atom. The quantitative estimate of drug-likeness (QED) is 0.643. The number of aryl methyl sites for hydroxylation is 1. The smallest absolute Gasteiger partial charge is 0.339 e. The maximum atomic E-state index is 13.1. The molecular weight excluding hydrogens is 399 g/mol. The van der Waals surface area contributed by atoms with Crippen LogP contribution in [0, 0.1) is 13.8 Å². The van der Waals surface area contributed by atoms with Crippen LogP contribution in [-0.4, -0.2) is 43.8 Å². The van der Waals surface area contributed by atoms with Gasteiger partial charge in [0.15, 0.2) is 5.82 Å². The lowest BCUT2D eigenvalue weighted by atomic mass is 9.97. The maximum absolute atomic E-state index is 13.1. The fourth-order valence-electron chi connectivity index (χ4n) is 3.71. The summed E-state index contributed by atoms with van der Waals surface area (Å²) in [6, 6.07) is 4.87. The second kappa shape index (κ2) is 7.58. The van der Waals surface area contributed by atoms with Crippen LogP contribution < -0.4 is 0 Å². The first-order valence-electron chi connectivity index (χ1n) is 9.56. The highest BCUT2D eigenvalue weighted by molar-refractivity contribution is 5.95. The Morgan fingerprint density at radius 1 is 1.27 bits per heavy atom. The number of piperidine rings is 1. The molecule has 1 aliphatic heterocycles. The number of alkyl halides is 3. The van der Waals surface area contributed by atoms with E-state index >= 15 is 0 Å². The zero-order valence-electron chi connectivity index (χ0n) is 16.5. The first-order valence-corrected chi connectivity index (χ1v) is 9.56. The molecule has 1 atom stereocenters. The van der Waals surface area contributed by atoms with Gasteiger partial charge in [-0.2, -0.15) is 23.3 Å². The van der Waals surface area contributed by atoms with Gasteiger partial charge in [-0.3, -0.25) is 4.79 Å². The van der Waals surface area contributed by atoms with Crippen molar-refractivity contribution in [2.45, 2.75) is 38.8 Å². The molecule has 158 valence electrons. The SMILES string of the molecule is Cc1noc([C@@H]2CCCN(C(=O)c3cnn(-c4cccc(C(F)(F)F)c4)c3C)C2)n1. The van der Waals surface area contributed by atoms with Gasteiger partial charge >= 0.3 is 6.18 Å². The number of halogens is 3. The van der Waals surface area contributed by atoms with Gasteiger partial charge in [-0.1, -0.05) is 11.2 Å². The zero-order chi connectivity index (χ0) is 21.5. The summed E-state index contributed by atoms with van der Waals surface area (Å²) < 4.78 is 45.7. The predicted octanol–water partition coefficient (Wildman–Crippen LogP) is 3.91. The summed E-state index contributed by atoms with van der Waals surface area (Å²) in [5.74, 6) is 0.808. The van der Waals surface area contributed by atoms with Gasteiger partial charge in [0.2, 0.25) is 5.89 Å². The van der Waals surface area contributed by atoms with Crippen molar-refractivity contribution in [1.82, 2.24) is 24.8 Å². The van der Waals surface area contributed by atoms with Crippen molar-refractivity contribution in [2.75, 3.05) is 13.1 Å². The van der Waals surface area contributed by atoms with E-state index in [0.717, 1.165) is 25.0 Å². The van der Waals surface area contributed by atoms with Crippen LogP contribution in [0.3, 0.4) is 0 Å². The normalized spacial score (nSPS) is 17.4. The minimum Gasteiger partial charge on any atom is -0.339 e. The highest BCUT2D eigenvalue weighted by atomic mass is 19.4. The Balaban J connectivity index is 1.57. The molecule has 2 aromatic heterocycles. The monoisotopic (exact) mass is 419 g/mol. The minimum atomic E-state index is -4.45. The molecule has 10 heteroatoms. The van der Waals surface area contributed by atoms with Gasteiger partial charge in [0.25, 0.3) is 5.91 Å². The summed E-state index contributed by atoms with van der Waals surface area (Å²) in [6.07, 6.45) is -1.42. The number of hydrogen-bond acceptors (Lipinski definition) is 5. The molecule has 0 aliphatic carbocycles. The lowest BCUT2D eigenvalue weighted by Crippen LogP contribution is -2.39. The average Bonchev–Trinajstić information content (AvgIpc) is 3.33. The van der Waals surface area contributed by atoms with E-state index in [2.05, 4.69) is 15.2 Å². The van der Waals surface area contributed by atoms with Crippen LogP contribution in [0.1, 0.15) is 52.1 Å². The standard InChI is InChI=1S/C20H20F3N5O2/c1-12-17(10-24-28(12)16-7-3-6-15(9-16)20(21,22)23)19(29)27-8-4-5-14(11-27)18-25-13(2)26-30-18/h3,6-7,9-10,14H,4-5,8,11H2,1-2H3/t14-/m1/s1. The molecule has 0 unspecified atom stereocenters. The summed E-state index contributed by atoms with van der Waals surface area (Å²) in [5.41, 5.74) is 0.320. The van der Waals surface area contributed by atoms with E-state index in [1.165, 1.54) is 23.0 Å². The lowest BCUT2D eigenvalue weighted by molar-refractivity contribution is -0.137. The third-order valence-electron chi connectivity index (χ3n) is 5.26. The summed E-state index contributed by atoms with van der Waals surface area (Å²) in [6.45, 7) is 4.43. The molecule has 0 saturated carbocycles. The Morgan fingerprint density at radius 2 is 2.07 bits per heavy atom. The van der Waals surface area contributed by atoms with Crippen molar-refractivity contribution in [3.05, 3.63) is 59.0 Å². The third-order valence-corrected chi connectivity index (χ3v) is 5.26. The number of amides is 1. The Hall–Kier alpha value is -3.17. The second-order valence-corrected chi connectivity index (χ2v) is 7.37. The molecule has 3 aromatic rings. The first-order chi connectivity index (χ1) is 14.2. The lowest BCUT2D eigenvalue weighted by Gasteiger charge is -2.31. The number of carbonyl (C=O) groups is 1. The first kappa shape index (κ1) is 20.1. The van der Waals surface area contributed by atoms with Crippen molar-refractivity contribution >= 4 is 5.91 Å². The van der Waals surface area contributed by atoms with Crippen LogP contribution in [0.5, 0.6) is 0 Å². The van der Waals surface area contributed by atoms with E-state index in [4.69, 9.17) is 4.52 Å². The molecule has 1 aliphatic rings. The third kappa shape index (κ3) is 3.81. The van der Waals surface area contributed by atoms with E-state index in [1.54, 1.807) is 18.7 Å². The molecule has 0 N–H and O–H groups in total. The highest BCUT2D eigenvalue weighted by Gasteiger charge is 2.32. The molecule has 3 heterocycles. The number of carbonyl (C=O) groups excluding carboxylic acids is 1. The number of rotatable bonds is 3. The van der Waals surface area contributed by atoms with Gasteiger partial charge in [-0.25, -0.2) is 4.68 Å². The van der Waals surface area contributed by atoms with Gasteiger partial charge in [0.1, 0.15) is 0 Å². The molecule has 7 nitrogen and oxygen atoms in total. The van der Waals surface area contributed by atoms with Crippen LogP contribution in [0.2, 0.25) is 0 Å². The summed E-state index contributed by atoms with van der Waals surface area (Å²) in [7, 11) is 0. The summed E-state index contributed by atoms with van der Waals surface area (Å²) in [5, 5.41) is 7.98. The average molecular weight is 419 g/mol. The molecule has 0 radical (unpaired) electrons. The van der Waals surface area contributed by atoms with Crippen LogP contribution >= 0.6 is 0 Å². The molecule has 1 fully saturated rings. The molecule has 4 rings (SSSR count). The molecule has 0 bridgehead atoms. The number of hydrogen-bond donors (Lipinski definition) is 0. The van der Waals surface area contributed by atoms with Gasteiger partial charge in [0.05, 0.1) is 34.6 Å². The van der Waals surface area contributed by atoms with Crippen LogP contribution in [0.4, 0.5) is 13.2 Å². The molecule has 1 aromatic carbocycles. The second-order valence-electron chi connectivity index (χ2n) is 7.37. The summed E-state index contributed by atoms with van der Waals surface area (Å²) in [4.78, 5) is 19.1. The van der Waals surface area contributed by atoms with E-state index < -0.39 is 11.7 Å². The van der Waals surface area contributed by atoms with E-state index in [1.807, 2.05) is 0 Å². The fraction of sp³-hybridized carbons (Fsp3) is 0.400. The number of aromatic nitrogens is 4. The predicted molar refractivity (Wildman–Crippen MR) is 100 cm³/mol. The molecule has 1 amide bonds.